The molecule has 2 aliphatic carbocycles. The van der Waals surface area contributed by atoms with Crippen LogP contribution in [0, 0.1) is 11.8 Å². The van der Waals surface area contributed by atoms with Gasteiger partial charge in [0.15, 0.2) is 0 Å². The molecule has 0 bridgehead atoms. The summed E-state index contributed by atoms with van der Waals surface area (Å²) >= 11 is 0. The summed E-state index contributed by atoms with van der Waals surface area (Å²) in [5.41, 5.74) is 6.25. The number of nitrogens with two attached hydrogens (primary N) is 1. The smallest absolute Gasteiger partial charge is 0.0827 e. The fraction of sp³-hybridized carbons (Fsp3) is 1.00. The molecule has 0 heterocycles. The normalized spacial score (nSPS) is 27.9. The standard InChI is InChI=1S/C16H31NO2/c17-14(12-7-3-1-4-8-12)11-15(18)16(19)13-9-5-2-6-10-13/h12-16,18-19H,1-11,17H2. The molecule has 0 saturated heterocycles. The van der Waals surface area contributed by atoms with Gasteiger partial charge < -0.3 is 15.9 Å². The third-order valence-corrected chi connectivity index (χ3v) is 5.30. The lowest BCUT2D eigenvalue weighted by atomic mass is 9.79. The van der Waals surface area contributed by atoms with Crippen LogP contribution in [-0.4, -0.2) is 28.5 Å². The second kappa shape index (κ2) is 7.61. The molecule has 3 atom stereocenters. The summed E-state index contributed by atoms with van der Waals surface area (Å²) in [5.74, 6) is 0.851. The highest BCUT2D eigenvalue weighted by Gasteiger charge is 2.30. The first-order valence-electron chi connectivity index (χ1n) is 8.30. The van der Waals surface area contributed by atoms with Crippen molar-refractivity contribution in [2.75, 3.05) is 0 Å². The highest BCUT2D eigenvalue weighted by molar-refractivity contribution is 4.84. The van der Waals surface area contributed by atoms with Crippen molar-refractivity contribution in [3.63, 3.8) is 0 Å². The SMILES string of the molecule is NC(CC(O)C(O)C1CCCCC1)C1CCCCC1. The summed E-state index contributed by atoms with van der Waals surface area (Å²) < 4.78 is 0. The average Bonchev–Trinajstić information content (AvgIpc) is 2.48. The highest BCUT2D eigenvalue weighted by Crippen LogP contribution is 2.31. The lowest BCUT2D eigenvalue weighted by Crippen LogP contribution is -2.41. The van der Waals surface area contributed by atoms with Gasteiger partial charge in [0.05, 0.1) is 12.2 Å². The van der Waals surface area contributed by atoms with E-state index in [9.17, 15) is 10.2 Å². The van der Waals surface area contributed by atoms with Gasteiger partial charge in [0.2, 0.25) is 0 Å². The van der Waals surface area contributed by atoms with E-state index in [1.807, 2.05) is 0 Å². The van der Waals surface area contributed by atoms with Crippen molar-refractivity contribution in [1.29, 1.82) is 0 Å². The summed E-state index contributed by atoms with van der Waals surface area (Å²) in [4.78, 5) is 0. The van der Waals surface area contributed by atoms with Gasteiger partial charge >= 0.3 is 0 Å². The quantitative estimate of drug-likeness (QED) is 0.718. The van der Waals surface area contributed by atoms with Crippen LogP contribution in [0.25, 0.3) is 0 Å². The van der Waals surface area contributed by atoms with Gasteiger partial charge in [0.1, 0.15) is 0 Å². The Kier molecular flexibility index (Phi) is 6.11. The Bertz CT molecular complexity index is 247. The average molecular weight is 269 g/mol. The molecule has 0 radical (unpaired) electrons. The van der Waals surface area contributed by atoms with Gasteiger partial charge in [-0.05, 0) is 43.9 Å². The van der Waals surface area contributed by atoms with Gasteiger partial charge in [-0.2, -0.15) is 0 Å². The minimum atomic E-state index is -0.625. The molecular weight excluding hydrogens is 238 g/mol. The second-order valence-corrected chi connectivity index (χ2v) is 6.75. The van der Waals surface area contributed by atoms with Gasteiger partial charge in [-0.3, -0.25) is 0 Å². The van der Waals surface area contributed by atoms with Crippen molar-refractivity contribution in [2.24, 2.45) is 17.6 Å². The summed E-state index contributed by atoms with van der Waals surface area (Å²) in [6, 6.07) is 0.0635. The van der Waals surface area contributed by atoms with Crippen LogP contribution < -0.4 is 5.73 Å². The Hall–Kier alpha value is -0.120. The summed E-state index contributed by atoms with van der Waals surface area (Å²) in [7, 11) is 0. The molecule has 112 valence electrons. The predicted molar refractivity (Wildman–Crippen MR) is 77.8 cm³/mol. The van der Waals surface area contributed by atoms with Gasteiger partial charge in [-0.1, -0.05) is 38.5 Å². The van der Waals surface area contributed by atoms with Crippen LogP contribution in [-0.2, 0) is 0 Å². The van der Waals surface area contributed by atoms with E-state index >= 15 is 0 Å². The van der Waals surface area contributed by atoms with Crippen molar-refractivity contribution in [1.82, 2.24) is 0 Å². The topological polar surface area (TPSA) is 66.5 Å². The van der Waals surface area contributed by atoms with Crippen molar-refractivity contribution in [2.45, 2.75) is 88.9 Å². The van der Waals surface area contributed by atoms with Gasteiger partial charge in [0.25, 0.3) is 0 Å². The first-order valence-corrected chi connectivity index (χ1v) is 8.30. The predicted octanol–water partition coefficient (Wildman–Crippen LogP) is 2.59. The maximum atomic E-state index is 10.3. The Balaban J connectivity index is 1.76. The number of hydrogen-bond acceptors (Lipinski definition) is 3. The zero-order valence-corrected chi connectivity index (χ0v) is 12.1. The first-order chi connectivity index (χ1) is 9.18. The monoisotopic (exact) mass is 269 g/mol. The highest BCUT2D eigenvalue weighted by atomic mass is 16.3. The molecule has 3 unspecified atom stereocenters. The molecule has 19 heavy (non-hydrogen) atoms. The molecule has 0 aromatic rings. The third-order valence-electron chi connectivity index (χ3n) is 5.30. The van der Waals surface area contributed by atoms with Crippen LogP contribution in [0.4, 0.5) is 0 Å². The molecular formula is C16H31NO2. The molecule has 4 N–H and O–H groups in total. The zero-order valence-electron chi connectivity index (χ0n) is 12.1. The van der Waals surface area contributed by atoms with Crippen LogP contribution in [0.1, 0.15) is 70.6 Å². The van der Waals surface area contributed by atoms with Crippen LogP contribution in [0.3, 0.4) is 0 Å². The molecule has 0 aromatic heterocycles. The fourth-order valence-electron chi connectivity index (χ4n) is 3.96. The maximum absolute atomic E-state index is 10.3. The van der Waals surface area contributed by atoms with E-state index in [2.05, 4.69) is 0 Å². The number of hydrogen-bond donors (Lipinski definition) is 3. The minimum Gasteiger partial charge on any atom is -0.390 e. The van der Waals surface area contributed by atoms with Crippen LogP contribution in [0.5, 0.6) is 0 Å². The van der Waals surface area contributed by atoms with Crippen LogP contribution >= 0.6 is 0 Å². The first kappa shape index (κ1) is 15.3. The summed E-state index contributed by atoms with van der Waals surface area (Å²) in [6.45, 7) is 0. The maximum Gasteiger partial charge on any atom is 0.0827 e. The lowest BCUT2D eigenvalue weighted by Gasteiger charge is -2.33. The van der Waals surface area contributed by atoms with Crippen molar-refractivity contribution < 1.29 is 10.2 Å². The number of rotatable bonds is 5. The van der Waals surface area contributed by atoms with Gasteiger partial charge in [-0.15, -0.1) is 0 Å². The van der Waals surface area contributed by atoms with Gasteiger partial charge in [0, 0.05) is 6.04 Å². The zero-order chi connectivity index (χ0) is 13.7. The van der Waals surface area contributed by atoms with E-state index in [0.717, 1.165) is 12.8 Å². The van der Waals surface area contributed by atoms with E-state index < -0.39 is 12.2 Å². The van der Waals surface area contributed by atoms with Gasteiger partial charge in [-0.25, -0.2) is 0 Å². The number of aliphatic hydroxyl groups is 2. The molecule has 2 aliphatic rings. The summed E-state index contributed by atoms with van der Waals surface area (Å²) in [5, 5.41) is 20.5. The molecule has 0 aliphatic heterocycles. The fourth-order valence-corrected chi connectivity index (χ4v) is 3.96. The molecule has 3 heteroatoms. The van der Waals surface area contributed by atoms with E-state index in [-0.39, 0.29) is 6.04 Å². The largest absolute Gasteiger partial charge is 0.390 e. The van der Waals surface area contributed by atoms with E-state index in [1.54, 1.807) is 0 Å². The third kappa shape index (κ3) is 4.44. The van der Waals surface area contributed by atoms with Crippen molar-refractivity contribution in [3.05, 3.63) is 0 Å². The van der Waals surface area contributed by atoms with E-state index in [4.69, 9.17) is 5.73 Å². The number of aliphatic hydroxyl groups excluding tert-OH is 2. The molecule has 3 nitrogen and oxygen atoms in total. The molecule has 0 aromatic carbocycles. The molecule has 2 fully saturated rings. The molecule has 0 amide bonds. The van der Waals surface area contributed by atoms with E-state index in [1.165, 1.54) is 51.4 Å². The molecule has 2 saturated carbocycles. The minimum absolute atomic E-state index is 0.0635. The Morgan fingerprint density at radius 2 is 1.26 bits per heavy atom. The Labute approximate surface area is 117 Å². The summed E-state index contributed by atoms with van der Waals surface area (Å²) in [6.07, 6.45) is 11.5. The second-order valence-electron chi connectivity index (χ2n) is 6.75. The lowest BCUT2D eigenvalue weighted by molar-refractivity contribution is -0.0361. The Morgan fingerprint density at radius 1 is 0.789 bits per heavy atom. The molecule has 2 rings (SSSR count). The van der Waals surface area contributed by atoms with Crippen molar-refractivity contribution >= 4 is 0 Å². The molecule has 0 spiro atoms. The van der Waals surface area contributed by atoms with E-state index in [0.29, 0.717) is 18.3 Å². The van der Waals surface area contributed by atoms with Crippen LogP contribution in [0.2, 0.25) is 0 Å². The Morgan fingerprint density at radius 3 is 1.79 bits per heavy atom. The van der Waals surface area contributed by atoms with Crippen LogP contribution in [0.15, 0.2) is 0 Å². The van der Waals surface area contributed by atoms with Crippen molar-refractivity contribution in [3.8, 4) is 0 Å².